The SMILES string of the molecule is CCOC(=O)C(C(=O)N(Cc1ccc(F)nc1)c1ccccn1)c1cc(C(F)(F)F)ccc1OC. The molecule has 2 aromatic heterocycles. The zero-order valence-corrected chi connectivity index (χ0v) is 18.8. The first kappa shape index (κ1) is 25.6. The smallest absolute Gasteiger partial charge is 0.416 e. The molecule has 0 N–H and O–H groups in total. The topological polar surface area (TPSA) is 81.6 Å². The molecular formula is C24H21F4N3O4. The van der Waals surface area contributed by atoms with E-state index in [2.05, 4.69) is 9.97 Å². The number of nitrogens with zero attached hydrogens (tertiary/aromatic N) is 3. The fourth-order valence-electron chi connectivity index (χ4n) is 3.35. The minimum absolute atomic E-state index is 0.103. The summed E-state index contributed by atoms with van der Waals surface area (Å²) in [5.41, 5.74) is -0.990. The Balaban J connectivity index is 2.15. The number of halogens is 4. The fourth-order valence-corrected chi connectivity index (χ4v) is 3.35. The van der Waals surface area contributed by atoms with Gasteiger partial charge >= 0.3 is 12.1 Å². The Bertz CT molecular complexity index is 1170. The van der Waals surface area contributed by atoms with Gasteiger partial charge in [-0.2, -0.15) is 17.6 Å². The summed E-state index contributed by atoms with van der Waals surface area (Å²) >= 11 is 0. The van der Waals surface area contributed by atoms with E-state index in [4.69, 9.17) is 9.47 Å². The molecule has 1 aromatic carbocycles. The number of alkyl halides is 3. The third-order valence-electron chi connectivity index (χ3n) is 4.96. The van der Waals surface area contributed by atoms with E-state index in [1.807, 2.05) is 0 Å². The summed E-state index contributed by atoms with van der Waals surface area (Å²) in [6.45, 7) is 1.19. The lowest BCUT2D eigenvalue weighted by molar-refractivity contribution is -0.148. The Kier molecular flexibility index (Phi) is 8.00. The molecule has 1 unspecified atom stereocenters. The van der Waals surface area contributed by atoms with Crippen LogP contribution in [-0.4, -0.2) is 35.6 Å². The van der Waals surface area contributed by atoms with Gasteiger partial charge in [0.1, 0.15) is 11.6 Å². The van der Waals surface area contributed by atoms with E-state index < -0.39 is 35.5 Å². The summed E-state index contributed by atoms with van der Waals surface area (Å²) in [5.74, 6) is -4.50. The summed E-state index contributed by atoms with van der Waals surface area (Å²) in [6, 6.07) is 9.67. The highest BCUT2D eigenvalue weighted by Crippen LogP contribution is 2.37. The Morgan fingerprint density at radius 3 is 2.43 bits per heavy atom. The molecule has 0 aliphatic rings. The maximum atomic E-state index is 13.8. The molecule has 0 spiro atoms. The van der Waals surface area contributed by atoms with Gasteiger partial charge in [-0.25, -0.2) is 9.97 Å². The molecule has 1 amide bonds. The molecule has 11 heteroatoms. The van der Waals surface area contributed by atoms with Crippen LogP contribution in [0.15, 0.2) is 60.9 Å². The standard InChI is InChI=1S/C24H21F4N3O4/c1-3-35-23(33)21(17-12-16(24(26,27)28)8-9-18(17)34-2)22(32)31(20-6-4-5-11-29-20)14-15-7-10-19(25)30-13-15/h4-13,21H,3,14H2,1-2H3. The molecule has 0 aliphatic carbocycles. The molecule has 0 saturated carbocycles. The lowest BCUT2D eigenvalue weighted by Crippen LogP contribution is -2.39. The number of hydrogen-bond acceptors (Lipinski definition) is 6. The zero-order valence-electron chi connectivity index (χ0n) is 18.8. The second-order valence-electron chi connectivity index (χ2n) is 7.24. The molecule has 3 rings (SSSR count). The Morgan fingerprint density at radius 2 is 1.86 bits per heavy atom. The lowest BCUT2D eigenvalue weighted by atomic mass is 9.94. The van der Waals surface area contributed by atoms with E-state index in [1.54, 1.807) is 12.1 Å². The van der Waals surface area contributed by atoms with Crippen molar-refractivity contribution in [3.05, 3.63) is 83.6 Å². The van der Waals surface area contributed by atoms with Crippen molar-refractivity contribution in [1.82, 2.24) is 9.97 Å². The van der Waals surface area contributed by atoms with Gasteiger partial charge < -0.3 is 9.47 Å². The maximum Gasteiger partial charge on any atom is 0.416 e. The van der Waals surface area contributed by atoms with Crippen molar-refractivity contribution >= 4 is 17.7 Å². The van der Waals surface area contributed by atoms with E-state index in [0.29, 0.717) is 11.6 Å². The van der Waals surface area contributed by atoms with Gasteiger partial charge in [0.2, 0.25) is 11.9 Å². The molecule has 0 aliphatic heterocycles. The van der Waals surface area contributed by atoms with Crippen LogP contribution < -0.4 is 9.64 Å². The molecule has 2 heterocycles. The second-order valence-corrected chi connectivity index (χ2v) is 7.24. The van der Waals surface area contributed by atoms with Crippen LogP contribution in [0.5, 0.6) is 5.75 Å². The van der Waals surface area contributed by atoms with Crippen molar-refractivity contribution in [2.24, 2.45) is 0 Å². The minimum Gasteiger partial charge on any atom is -0.496 e. The Morgan fingerprint density at radius 1 is 1.09 bits per heavy atom. The van der Waals surface area contributed by atoms with Gasteiger partial charge in [-0.15, -0.1) is 0 Å². The predicted octanol–water partition coefficient (Wildman–Crippen LogP) is 4.52. The first-order chi connectivity index (χ1) is 16.7. The van der Waals surface area contributed by atoms with Crippen LogP contribution in [0.1, 0.15) is 29.5 Å². The van der Waals surface area contributed by atoms with E-state index in [-0.39, 0.29) is 30.3 Å². The molecule has 1 atom stereocenters. The number of pyridine rings is 2. The van der Waals surface area contributed by atoms with Crippen LogP contribution >= 0.6 is 0 Å². The number of benzene rings is 1. The third kappa shape index (κ3) is 6.11. The number of anilines is 1. The van der Waals surface area contributed by atoms with Crippen molar-refractivity contribution in [2.75, 3.05) is 18.6 Å². The van der Waals surface area contributed by atoms with Crippen molar-refractivity contribution in [2.45, 2.75) is 25.6 Å². The summed E-state index contributed by atoms with van der Waals surface area (Å²) in [4.78, 5) is 35.6. The van der Waals surface area contributed by atoms with Crippen molar-refractivity contribution in [1.29, 1.82) is 0 Å². The summed E-state index contributed by atoms with van der Waals surface area (Å²) < 4.78 is 63.9. The predicted molar refractivity (Wildman–Crippen MR) is 117 cm³/mol. The highest BCUT2D eigenvalue weighted by Gasteiger charge is 2.39. The summed E-state index contributed by atoms with van der Waals surface area (Å²) in [7, 11) is 1.21. The Labute approximate surface area is 198 Å². The van der Waals surface area contributed by atoms with Crippen molar-refractivity contribution < 1.29 is 36.6 Å². The van der Waals surface area contributed by atoms with Crippen LogP contribution in [0.3, 0.4) is 0 Å². The van der Waals surface area contributed by atoms with Crippen LogP contribution in [0.2, 0.25) is 0 Å². The first-order valence-corrected chi connectivity index (χ1v) is 10.4. The maximum absolute atomic E-state index is 13.8. The van der Waals surface area contributed by atoms with E-state index in [0.717, 1.165) is 23.1 Å². The molecule has 3 aromatic rings. The molecule has 0 fully saturated rings. The van der Waals surface area contributed by atoms with Gasteiger partial charge in [0.25, 0.3) is 0 Å². The normalized spacial score (nSPS) is 12.1. The van der Waals surface area contributed by atoms with E-state index in [9.17, 15) is 27.2 Å². The number of ether oxygens (including phenoxy) is 2. The number of rotatable bonds is 8. The van der Waals surface area contributed by atoms with Crippen molar-refractivity contribution in [3.63, 3.8) is 0 Å². The first-order valence-electron chi connectivity index (χ1n) is 10.4. The van der Waals surface area contributed by atoms with Gasteiger partial charge in [-0.3, -0.25) is 14.5 Å². The average molecular weight is 491 g/mol. The number of carbonyl (C=O) groups is 2. The minimum atomic E-state index is -4.73. The highest BCUT2D eigenvalue weighted by molar-refractivity contribution is 6.10. The highest BCUT2D eigenvalue weighted by atomic mass is 19.4. The third-order valence-corrected chi connectivity index (χ3v) is 4.96. The Hall–Kier alpha value is -4.02. The lowest BCUT2D eigenvalue weighted by Gasteiger charge is -2.27. The van der Waals surface area contributed by atoms with Crippen LogP contribution in [0.25, 0.3) is 0 Å². The molecular weight excluding hydrogens is 470 g/mol. The number of amides is 1. The van der Waals surface area contributed by atoms with Gasteiger partial charge in [-0.1, -0.05) is 12.1 Å². The fraction of sp³-hybridized carbons (Fsp3) is 0.250. The summed E-state index contributed by atoms with van der Waals surface area (Å²) in [5, 5.41) is 0. The van der Waals surface area contributed by atoms with Gasteiger partial charge in [0.15, 0.2) is 5.92 Å². The second kappa shape index (κ2) is 10.9. The number of hydrogen-bond donors (Lipinski definition) is 0. The largest absolute Gasteiger partial charge is 0.496 e. The zero-order chi connectivity index (χ0) is 25.6. The molecule has 35 heavy (non-hydrogen) atoms. The van der Waals surface area contributed by atoms with Crippen LogP contribution in [-0.2, 0) is 27.0 Å². The van der Waals surface area contributed by atoms with Crippen LogP contribution in [0.4, 0.5) is 23.4 Å². The molecule has 7 nitrogen and oxygen atoms in total. The quantitative estimate of drug-likeness (QED) is 0.199. The van der Waals surface area contributed by atoms with Gasteiger partial charge in [0.05, 0.1) is 25.8 Å². The molecule has 0 radical (unpaired) electrons. The average Bonchev–Trinajstić information content (AvgIpc) is 2.84. The number of esters is 1. The number of carbonyl (C=O) groups excluding carboxylic acids is 2. The number of methoxy groups -OCH3 is 1. The molecule has 184 valence electrons. The number of aromatic nitrogens is 2. The molecule has 0 saturated heterocycles. The van der Waals surface area contributed by atoms with Gasteiger partial charge in [0, 0.05) is 18.0 Å². The van der Waals surface area contributed by atoms with Crippen molar-refractivity contribution in [3.8, 4) is 5.75 Å². The van der Waals surface area contributed by atoms with E-state index >= 15 is 0 Å². The van der Waals surface area contributed by atoms with Gasteiger partial charge in [-0.05, 0) is 48.9 Å². The molecule has 0 bridgehead atoms. The van der Waals surface area contributed by atoms with E-state index in [1.165, 1.54) is 38.6 Å². The summed E-state index contributed by atoms with van der Waals surface area (Å²) in [6.07, 6.45) is -2.13. The van der Waals surface area contributed by atoms with Crippen LogP contribution in [0, 0.1) is 5.95 Å². The monoisotopic (exact) mass is 491 g/mol.